The lowest BCUT2D eigenvalue weighted by Gasteiger charge is -1.96. The third-order valence-electron chi connectivity index (χ3n) is 1.26. The number of nitrogens with one attached hydrogen (secondary N) is 1. The van der Waals surface area contributed by atoms with E-state index in [9.17, 15) is 9.59 Å². The molecule has 5 heteroatoms. The third kappa shape index (κ3) is 2.19. The summed E-state index contributed by atoms with van der Waals surface area (Å²) in [7, 11) is 1.28. The smallest absolute Gasteiger partial charge is 0.313 e. The predicted octanol–water partition coefficient (Wildman–Crippen LogP) is -0.515. The zero-order chi connectivity index (χ0) is 8.97. The van der Waals surface area contributed by atoms with Gasteiger partial charge in [-0.2, -0.15) is 0 Å². The van der Waals surface area contributed by atoms with E-state index in [0.717, 1.165) is 0 Å². The van der Waals surface area contributed by atoms with Crippen LogP contribution in [0.1, 0.15) is 5.82 Å². The van der Waals surface area contributed by atoms with Crippen LogP contribution < -0.4 is 5.56 Å². The number of rotatable bonds is 2. The molecule has 0 radical (unpaired) electrons. The summed E-state index contributed by atoms with van der Waals surface area (Å²) < 4.78 is 4.39. The van der Waals surface area contributed by atoms with Crippen LogP contribution in [0.4, 0.5) is 0 Å². The Morgan fingerprint density at radius 2 is 2.50 bits per heavy atom. The summed E-state index contributed by atoms with van der Waals surface area (Å²) in [5, 5.41) is 0. The van der Waals surface area contributed by atoms with Gasteiger partial charge in [0.2, 0.25) is 0 Å². The molecule has 5 nitrogen and oxygen atoms in total. The number of carbonyl (C=O) groups excluding carboxylic acids is 1. The van der Waals surface area contributed by atoms with Crippen LogP contribution in [-0.2, 0) is 16.0 Å². The van der Waals surface area contributed by atoms with E-state index in [0.29, 0.717) is 5.82 Å². The van der Waals surface area contributed by atoms with Gasteiger partial charge in [-0.05, 0) is 0 Å². The van der Waals surface area contributed by atoms with E-state index < -0.39 is 5.97 Å². The van der Waals surface area contributed by atoms with Gasteiger partial charge in [-0.3, -0.25) is 9.59 Å². The van der Waals surface area contributed by atoms with Crippen LogP contribution >= 0.6 is 0 Å². The standard InChI is InChI=1S/C7H8N2O3/c1-12-7(11)4-5-8-3-2-6(10)9-5/h2-3H,4H2,1H3,(H,8,9,10). The van der Waals surface area contributed by atoms with Crippen LogP contribution in [-0.4, -0.2) is 23.0 Å². The molecule has 0 fully saturated rings. The van der Waals surface area contributed by atoms with E-state index in [1.54, 1.807) is 0 Å². The lowest BCUT2D eigenvalue weighted by molar-refractivity contribution is -0.139. The number of aromatic nitrogens is 2. The van der Waals surface area contributed by atoms with Crippen LogP contribution in [0.2, 0.25) is 0 Å². The molecule has 0 saturated carbocycles. The SMILES string of the molecule is COC(=O)Cc1nccc(=O)[nH]1. The molecule has 12 heavy (non-hydrogen) atoms. The minimum Gasteiger partial charge on any atom is -0.469 e. The maximum absolute atomic E-state index is 10.7. The number of aromatic amines is 1. The Hall–Kier alpha value is -1.65. The van der Waals surface area contributed by atoms with Crippen LogP contribution in [0.25, 0.3) is 0 Å². The van der Waals surface area contributed by atoms with Crippen LogP contribution in [0, 0.1) is 0 Å². The van der Waals surface area contributed by atoms with E-state index in [1.807, 2.05) is 0 Å². The normalized spacial score (nSPS) is 9.42. The van der Waals surface area contributed by atoms with Crippen molar-refractivity contribution in [3.8, 4) is 0 Å². The monoisotopic (exact) mass is 168 g/mol. The average Bonchev–Trinajstić information content (AvgIpc) is 2.04. The minimum absolute atomic E-state index is 0.00736. The largest absolute Gasteiger partial charge is 0.469 e. The Bertz CT molecular complexity index is 331. The maximum atomic E-state index is 10.7. The van der Waals surface area contributed by atoms with Crippen molar-refractivity contribution in [2.45, 2.75) is 6.42 Å². The van der Waals surface area contributed by atoms with E-state index >= 15 is 0 Å². The molecule has 1 rings (SSSR count). The Labute approximate surface area is 68.4 Å². The summed E-state index contributed by atoms with van der Waals surface area (Å²) in [4.78, 5) is 27.6. The van der Waals surface area contributed by atoms with Gasteiger partial charge in [0.25, 0.3) is 5.56 Å². The lowest BCUT2D eigenvalue weighted by atomic mass is 10.4. The molecule has 1 heterocycles. The van der Waals surface area contributed by atoms with Crippen molar-refractivity contribution in [1.82, 2.24) is 9.97 Å². The molecule has 1 aromatic rings. The summed E-state index contributed by atoms with van der Waals surface area (Å²) in [5.74, 6) is -0.112. The fourth-order valence-electron chi connectivity index (χ4n) is 0.710. The Balaban J connectivity index is 2.76. The van der Waals surface area contributed by atoms with Crippen molar-refractivity contribution in [3.63, 3.8) is 0 Å². The zero-order valence-electron chi connectivity index (χ0n) is 6.53. The van der Waals surface area contributed by atoms with Gasteiger partial charge in [0.05, 0.1) is 7.11 Å². The fraction of sp³-hybridized carbons (Fsp3) is 0.286. The van der Waals surface area contributed by atoms with Crippen molar-refractivity contribution >= 4 is 5.97 Å². The molecule has 0 amide bonds. The number of hydrogen-bond acceptors (Lipinski definition) is 4. The molecule has 0 unspecified atom stereocenters. The molecule has 0 aliphatic rings. The molecule has 0 aliphatic heterocycles. The molecule has 1 N–H and O–H groups in total. The molecule has 0 atom stereocenters. The van der Waals surface area contributed by atoms with Gasteiger partial charge < -0.3 is 9.72 Å². The van der Waals surface area contributed by atoms with Gasteiger partial charge >= 0.3 is 5.97 Å². The first kappa shape index (κ1) is 8.45. The van der Waals surface area contributed by atoms with Crippen LogP contribution in [0.15, 0.2) is 17.1 Å². The molecule has 0 aromatic carbocycles. The highest BCUT2D eigenvalue weighted by atomic mass is 16.5. The van der Waals surface area contributed by atoms with Crippen LogP contribution in [0.5, 0.6) is 0 Å². The number of H-pyrrole nitrogens is 1. The predicted molar refractivity (Wildman–Crippen MR) is 40.6 cm³/mol. The maximum Gasteiger partial charge on any atom is 0.313 e. The molecule has 0 spiro atoms. The highest BCUT2D eigenvalue weighted by Crippen LogP contribution is 1.87. The lowest BCUT2D eigenvalue weighted by Crippen LogP contribution is -2.13. The second kappa shape index (κ2) is 3.66. The Morgan fingerprint density at radius 3 is 3.08 bits per heavy atom. The highest BCUT2D eigenvalue weighted by molar-refractivity contribution is 5.71. The van der Waals surface area contributed by atoms with Gasteiger partial charge in [-0.15, -0.1) is 0 Å². The molecular weight excluding hydrogens is 160 g/mol. The highest BCUT2D eigenvalue weighted by Gasteiger charge is 2.03. The number of esters is 1. The number of carbonyl (C=O) groups is 1. The number of nitrogens with zero attached hydrogens (tertiary/aromatic N) is 1. The first-order valence-corrected chi connectivity index (χ1v) is 3.33. The Kier molecular flexibility index (Phi) is 2.57. The molecular formula is C7H8N2O3. The van der Waals surface area contributed by atoms with E-state index in [-0.39, 0.29) is 12.0 Å². The third-order valence-corrected chi connectivity index (χ3v) is 1.26. The second-order valence-electron chi connectivity index (χ2n) is 2.13. The van der Waals surface area contributed by atoms with Gasteiger partial charge in [0.15, 0.2) is 0 Å². The van der Waals surface area contributed by atoms with Crippen molar-refractivity contribution in [1.29, 1.82) is 0 Å². The van der Waals surface area contributed by atoms with Gasteiger partial charge in [0, 0.05) is 12.3 Å². The minimum atomic E-state index is -0.427. The van der Waals surface area contributed by atoms with Gasteiger partial charge in [-0.1, -0.05) is 0 Å². The molecule has 1 aromatic heterocycles. The zero-order valence-corrected chi connectivity index (χ0v) is 6.53. The summed E-state index contributed by atoms with van der Waals surface area (Å²) in [6.07, 6.45) is 1.34. The molecule has 0 bridgehead atoms. The summed E-state index contributed by atoms with van der Waals surface area (Å²) in [6.45, 7) is 0. The quantitative estimate of drug-likeness (QED) is 0.603. The average molecular weight is 168 g/mol. The van der Waals surface area contributed by atoms with Gasteiger partial charge in [-0.25, -0.2) is 4.98 Å². The van der Waals surface area contributed by atoms with Crippen molar-refractivity contribution in [2.24, 2.45) is 0 Å². The first-order chi connectivity index (χ1) is 5.72. The number of ether oxygens (including phenoxy) is 1. The first-order valence-electron chi connectivity index (χ1n) is 3.33. The number of hydrogen-bond donors (Lipinski definition) is 1. The molecule has 64 valence electrons. The molecule has 0 saturated heterocycles. The van der Waals surface area contributed by atoms with Gasteiger partial charge in [0.1, 0.15) is 12.2 Å². The topological polar surface area (TPSA) is 72.0 Å². The number of methoxy groups -OCH3 is 1. The van der Waals surface area contributed by atoms with E-state index in [4.69, 9.17) is 0 Å². The van der Waals surface area contributed by atoms with E-state index in [1.165, 1.54) is 19.4 Å². The van der Waals surface area contributed by atoms with Crippen molar-refractivity contribution < 1.29 is 9.53 Å². The van der Waals surface area contributed by atoms with E-state index in [2.05, 4.69) is 14.7 Å². The second-order valence-corrected chi connectivity index (χ2v) is 2.13. The van der Waals surface area contributed by atoms with Crippen molar-refractivity contribution in [3.05, 3.63) is 28.4 Å². The molecule has 0 aliphatic carbocycles. The summed E-state index contributed by atoms with van der Waals surface area (Å²) >= 11 is 0. The Morgan fingerprint density at radius 1 is 1.75 bits per heavy atom. The fourth-order valence-corrected chi connectivity index (χ4v) is 0.710. The van der Waals surface area contributed by atoms with Crippen molar-refractivity contribution in [2.75, 3.05) is 7.11 Å². The summed E-state index contributed by atoms with van der Waals surface area (Å²) in [5.41, 5.74) is -0.274. The summed E-state index contributed by atoms with van der Waals surface area (Å²) in [6, 6.07) is 1.28. The van der Waals surface area contributed by atoms with Crippen LogP contribution in [0.3, 0.4) is 0 Å².